The van der Waals surface area contributed by atoms with Crippen molar-refractivity contribution in [2.75, 3.05) is 14.1 Å². The van der Waals surface area contributed by atoms with E-state index in [-0.39, 0.29) is 5.91 Å². The highest BCUT2D eigenvalue weighted by Gasteiger charge is 2.12. The highest BCUT2D eigenvalue weighted by Crippen LogP contribution is 2.14. The zero-order valence-corrected chi connectivity index (χ0v) is 10.5. The summed E-state index contributed by atoms with van der Waals surface area (Å²) in [7, 11) is 3.33. The van der Waals surface area contributed by atoms with E-state index in [4.69, 9.17) is 23.8 Å². The van der Waals surface area contributed by atoms with Crippen LogP contribution < -0.4 is 10.7 Å². The summed E-state index contributed by atoms with van der Waals surface area (Å²) in [4.78, 5) is 11.8. The third-order valence-corrected chi connectivity index (χ3v) is 2.71. The van der Waals surface area contributed by atoms with Crippen molar-refractivity contribution < 1.29 is 4.79 Å². The molecule has 0 aliphatic heterocycles. The summed E-state index contributed by atoms with van der Waals surface area (Å²) in [5, 5.41) is 4.99. The van der Waals surface area contributed by atoms with Gasteiger partial charge in [0.05, 0.1) is 10.6 Å². The molecule has 4 nitrogen and oxygen atoms in total. The molecule has 0 aromatic heterocycles. The Morgan fingerprint density at radius 2 is 2.06 bits per heavy atom. The molecule has 1 rings (SSSR count). The van der Waals surface area contributed by atoms with Crippen molar-refractivity contribution >= 4 is 34.8 Å². The second-order valence-corrected chi connectivity index (χ2v) is 3.83. The highest BCUT2D eigenvalue weighted by atomic mass is 35.5. The molecule has 16 heavy (non-hydrogen) atoms. The molecular weight excluding hydrogens is 246 g/mol. The Labute approximate surface area is 105 Å². The molecule has 0 radical (unpaired) electrons. The Kier molecular flexibility index (Phi) is 4.52. The van der Waals surface area contributed by atoms with Crippen LogP contribution in [0.25, 0.3) is 0 Å². The maximum Gasteiger partial charge on any atom is 0.271 e. The topological polar surface area (TPSA) is 44.4 Å². The molecule has 0 heterocycles. The number of hydrogen-bond acceptors (Lipinski definition) is 2. The van der Waals surface area contributed by atoms with Gasteiger partial charge in [0.1, 0.15) is 0 Å². The summed E-state index contributed by atoms with van der Waals surface area (Å²) >= 11 is 10.8. The second-order valence-electron chi connectivity index (χ2n) is 3.03. The van der Waals surface area contributed by atoms with Crippen molar-refractivity contribution in [1.82, 2.24) is 15.8 Å². The van der Waals surface area contributed by atoms with E-state index in [0.717, 1.165) is 0 Å². The minimum atomic E-state index is -0.300. The highest BCUT2D eigenvalue weighted by molar-refractivity contribution is 7.80. The molecule has 0 bridgehead atoms. The van der Waals surface area contributed by atoms with Crippen molar-refractivity contribution in [2.24, 2.45) is 0 Å². The van der Waals surface area contributed by atoms with Gasteiger partial charge in [0, 0.05) is 14.1 Å². The zero-order chi connectivity index (χ0) is 12.1. The van der Waals surface area contributed by atoms with E-state index in [2.05, 4.69) is 10.7 Å². The monoisotopic (exact) mass is 257 g/mol. The van der Waals surface area contributed by atoms with E-state index >= 15 is 0 Å². The minimum Gasteiger partial charge on any atom is -0.364 e. The summed E-state index contributed by atoms with van der Waals surface area (Å²) in [6, 6.07) is 6.82. The van der Waals surface area contributed by atoms with Crippen molar-refractivity contribution in [1.29, 1.82) is 0 Å². The van der Waals surface area contributed by atoms with Gasteiger partial charge in [-0.25, -0.2) is 0 Å². The van der Waals surface area contributed by atoms with Crippen LogP contribution in [0.5, 0.6) is 0 Å². The van der Waals surface area contributed by atoms with Crippen LogP contribution >= 0.6 is 23.8 Å². The summed E-state index contributed by atoms with van der Waals surface area (Å²) in [5.41, 5.74) is 3.01. The molecule has 0 aliphatic rings. The Balaban J connectivity index is 2.73. The predicted molar refractivity (Wildman–Crippen MR) is 68.3 cm³/mol. The molecule has 0 atom stereocenters. The quantitative estimate of drug-likeness (QED) is 0.590. The number of rotatable bonds is 1. The summed E-state index contributed by atoms with van der Waals surface area (Å²) in [6.07, 6.45) is 0. The number of benzene rings is 1. The van der Waals surface area contributed by atoms with Crippen LogP contribution in [0.3, 0.4) is 0 Å². The molecule has 6 heteroatoms. The first-order valence-corrected chi connectivity index (χ1v) is 5.36. The Bertz CT molecular complexity index is 411. The summed E-state index contributed by atoms with van der Waals surface area (Å²) in [6.45, 7) is 0. The maximum absolute atomic E-state index is 11.8. The van der Waals surface area contributed by atoms with Crippen molar-refractivity contribution in [3.05, 3.63) is 34.9 Å². The standard InChI is InChI=1S/C10H12ClN3OS/c1-12-10(16)14(2)13-9(15)7-5-3-4-6-8(7)11/h3-6H,1-2H3,(H,12,16)(H,13,15). The average molecular weight is 258 g/mol. The number of nitrogens with zero attached hydrogens (tertiary/aromatic N) is 1. The van der Waals surface area contributed by atoms with E-state index < -0.39 is 0 Å². The van der Waals surface area contributed by atoms with Crippen LogP contribution in [0.4, 0.5) is 0 Å². The molecule has 0 saturated carbocycles. The fourth-order valence-corrected chi connectivity index (χ4v) is 1.34. The molecule has 1 aromatic carbocycles. The van der Waals surface area contributed by atoms with Gasteiger partial charge < -0.3 is 5.32 Å². The molecule has 1 aromatic rings. The molecule has 0 spiro atoms. The van der Waals surface area contributed by atoms with Crippen molar-refractivity contribution in [3.8, 4) is 0 Å². The van der Waals surface area contributed by atoms with Crippen molar-refractivity contribution in [2.45, 2.75) is 0 Å². The van der Waals surface area contributed by atoms with Gasteiger partial charge in [0.15, 0.2) is 5.11 Å². The van der Waals surface area contributed by atoms with Gasteiger partial charge in [-0.2, -0.15) is 0 Å². The lowest BCUT2D eigenvalue weighted by atomic mass is 10.2. The smallest absolute Gasteiger partial charge is 0.271 e. The van der Waals surface area contributed by atoms with Gasteiger partial charge in [0.2, 0.25) is 0 Å². The number of hydrogen-bond donors (Lipinski definition) is 2. The third kappa shape index (κ3) is 3.08. The number of halogens is 1. The first-order valence-electron chi connectivity index (χ1n) is 4.57. The molecule has 0 aliphatic carbocycles. The maximum atomic E-state index is 11.8. The third-order valence-electron chi connectivity index (χ3n) is 1.91. The predicted octanol–water partition coefficient (Wildman–Crippen LogP) is 1.42. The summed E-state index contributed by atoms with van der Waals surface area (Å²) in [5.74, 6) is -0.300. The number of thiocarbonyl (C=S) groups is 1. The largest absolute Gasteiger partial charge is 0.364 e. The van der Waals surface area contributed by atoms with Crippen LogP contribution in [0.1, 0.15) is 10.4 Å². The van der Waals surface area contributed by atoms with Crippen LogP contribution in [-0.4, -0.2) is 30.1 Å². The zero-order valence-electron chi connectivity index (χ0n) is 8.95. The van der Waals surface area contributed by atoms with Crippen molar-refractivity contribution in [3.63, 3.8) is 0 Å². The van der Waals surface area contributed by atoms with Gasteiger partial charge in [-0.1, -0.05) is 23.7 Å². The van der Waals surface area contributed by atoms with Gasteiger partial charge in [-0.15, -0.1) is 0 Å². The van der Waals surface area contributed by atoms with Crippen LogP contribution in [0.15, 0.2) is 24.3 Å². The number of hydrazine groups is 1. The van der Waals surface area contributed by atoms with Gasteiger partial charge in [-0.05, 0) is 24.4 Å². The molecule has 2 N–H and O–H groups in total. The first kappa shape index (κ1) is 12.7. The fourth-order valence-electron chi connectivity index (χ4n) is 1.08. The lowest BCUT2D eigenvalue weighted by molar-refractivity contribution is 0.0887. The van der Waals surface area contributed by atoms with E-state index in [1.165, 1.54) is 5.01 Å². The fraction of sp³-hybridized carbons (Fsp3) is 0.200. The second kappa shape index (κ2) is 5.67. The minimum absolute atomic E-state index is 0.300. The molecule has 86 valence electrons. The van der Waals surface area contributed by atoms with Gasteiger partial charge in [-0.3, -0.25) is 15.2 Å². The normalized spacial score (nSPS) is 9.44. The van der Waals surface area contributed by atoms with E-state index in [1.807, 2.05) is 0 Å². The molecular formula is C10H12ClN3OS. The van der Waals surface area contributed by atoms with Crippen LogP contribution in [-0.2, 0) is 0 Å². The molecule has 0 saturated heterocycles. The Morgan fingerprint density at radius 3 is 2.62 bits per heavy atom. The van der Waals surface area contributed by atoms with Crippen LogP contribution in [0.2, 0.25) is 5.02 Å². The van der Waals surface area contributed by atoms with E-state index in [0.29, 0.717) is 15.7 Å². The summed E-state index contributed by atoms with van der Waals surface area (Å²) < 4.78 is 0. The van der Waals surface area contributed by atoms with E-state index in [1.54, 1.807) is 38.4 Å². The lowest BCUT2D eigenvalue weighted by Gasteiger charge is -2.20. The van der Waals surface area contributed by atoms with Gasteiger partial charge >= 0.3 is 0 Å². The molecule has 0 fully saturated rings. The number of carbonyl (C=O) groups is 1. The first-order chi connectivity index (χ1) is 7.56. The number of amides is 1. The molecule has 0 unspecified atom stereocenters. The van der Waals surface area contributed by atoms with Gasteiger partial charge in [0.25, 0.3) is 5.91 Å². The SMILES string of the molecule is CNC(=S)N(C)NC(=O)c1ccccc1Cl. The number of carbonyl (C=O) groups excluding carboxylic acids is 1. The Morgan fingerprint density at radius 1 is 1.44 bits per heavy atom. The average Bonchev–Trinajstić information content (AvgIpc) is 2.28. The van der Waals surface area contributed by atoms with Crippen LogP contribution in [0, 0.1) is 0 Å². The molecule has 1 amide bonds. The Hall–Kier alpha value is -1.33. The van der Waals surface area contributed by atoms with E-state index in [9.17, 15) is 4.79 Å². The number of nitrogens with one attached hydrogen (secondary N) is 2. The lowest BCUT2D eigenvalue weighted by Crippen LogP contribution is -2.47.